The first-order chi connectivity index (χ1) is 8.81. The number of nitrogens with one attached hydrogen (secondary N) is 1. The third-order valence-corrected chi connectivity index (χ3v) is 3.83. The van der Waals surface area contributed by atoms with E-state index in [1.54, 1.807) is 0 Å². The van der Waals surface area contributed by atoms with Crippen LogP contribution in [0.1, 0.15) is 32.1 Å². The van der Waals surface area contributed by atoms with Gasteiger partial charge in [0.05, 0.1) is 13.2 Å². The fourth-order valence-electron chi connectivity index (χ4n) is 2.75. The van der Waals surface area contributed by atoms with E-state index >= 15 is 0 Å². The highest BCUT2D eigenvalue weighted by Gasteiger charge is 2.29. The van der Waals surface area contributed by atoms with Crippen molar-refractivity contribution in [3.8, 4) is 0 Å². The minimum absolute atomic E-state index is 0.145. The average molecular weight is 253 g/mol. The zero-order valence-corrected chi connectivity index (χ0v) is 11.1. The van der Waals surface area contributed by atoms with Crippen molar-refractivity contribution in [3.63, 3.8) is 0 Å². The van der Waals surface area contributed by atoms with Gasteiger partial charge in [-0.15, -0.1) is 0 Å². The van der Waals surface area contributed by atoms with Crippen molar-refractivity contribution in [1.82, 2.24) is 5.32 Å². The Balaban J connectivity index is 1.87. The van der Waals surface area contributed by atoms with Gasteiger partial charge in [-0.1, -0.05) is 12.2 Å². The lowest BCUT2D eigenvalue weighted by atomic mass is 9.87. The van der Waals surface area contributed by atoms with Gasteiger partial charge in [0.15, 0.2) is 0 Å². The van der Waals surface area contributed by atoms with Crippen molar-refractivity contribution in [2.45, 2.75) is 44.2 Å². The smallest absolute Gasteiger partial charge is 0.323 e. The number of carbonyl (C=O) groups is 1. The lowest BCUT2D eigenvalue weighted by molar-refractivity contribution is -0.144. The minimum atomic E-state index is -0.191. The molecule has 3 unspecified atom stereocenters. The van der Waals surface area contributed by atoms with Gasteiger partial charge in [0.2, 0.25) is 0 Å². The first-order valence-electron chi connectivity index (χ1n) is 6.89. The topological polar surface area (TPSA) is 47.6 Å². The molecule has 1 aliphatic carbocycles. The van der Waals surface area contributed by atoms with Crippen LogP contribution in [0.3, 0.4) is 0 Å². The van der Waals surface area contributed by atoms with Crippen LogP contribution in [0.15, 0.2) is 12.2 Å². The van der Waals surface area contributed by atoms with E-state index in [0.29, 0.717) is 5.92 Å². The van der Waals surface area contributed by atoms with Gasteiger partial charge in [-0.25, -0.2) is 0 Å². The van der Waals surface area contributed by atoms with Gasteiger partial charge in [-0.2, -0.15) is 0 Å². The van der Waals surface area contributed by atoms with Crippen LogP contribution >= 0.6 is 0 Å². The molecule has 3 atom stereocenters. The van der Waals surface area contributed by atoms with Gasteiger partial charge in [0, 0.05) is 13.2 Å². The van der Waals surface area contributed by atoms with Crippen LogP contribution in [-0.2, 0) is 14.3 Å². The van der Waals surface area contributed by atoms with Gasteiger partial charge in [-0.05, 0) is 38.0 Å². The zero-order valence-electron chi connectivity index (χ0n) is 11.1. The van der Waals surface area contributed by atoms with Crippen LogP contribution in [0.4, 0.5) is 0 Å². The van der Waals surface area contributed by atoms with Crippen LogP contribution in [0, 0.1) is 5.92 Å². The molecule has 4 nitrogen and oxygen atoms in total. The molecular formula is C14H23NO3. The Morgan fingerprint density at radius 3 is 3.00 bits per heavy atom. The van der Waals surface area contributed by atoms with Gasteiger partial charge in [0.25, 0.3) is 0 Å². The monoisotopic (exact) mass is 253 g/mol. The average Bonchev–Trinajstić information content (AvgIpc) is 2.93. The Morgan fingerprint density at radius 2 is 2.39 bits per heavy atom. The van der Waals surface area contributed by atoms with Crippen molar-refractivity contribution in [3.05, 3.63) is 12.2 Å². The summed E-state index contributed by atoms with van der Waals surface area (Å²) in [4.78, 5) is 11.9. The van der Waals surface area contributed by atoms with Gasteiger partial charge in [-0.3, -0.25) is 4.79 Å². The van der Waals surface area contributed by atoms with Crippen molar-refractivity contribution < 1.29 is 14.3 Å². The number of rotatable bonds is 5. The van der Waals surface area contributed by atoms with E-state index in [-0.39, 0.29) is 18.1 Å². The molecule has 0 bridgehead atoms. The zero-order chi connectivity index (χ0) is 12.8. The Hall–Kier alpha value is -0.870. The van der Waals surface area contributed by atoms with E-state index < -0.39 is 0 Å². The maximum atomic E-state index is 11.9. The third-order valence-electron chi connectivity index (χ3n) is 3.83. The van der Waals surface area contributed by atoms with Crippen LogP contribution in [0.5, 0.6) is 0 Å². The minimum Gasteiger partial charge on any atom is -0.468 e. The lowest BCUT2D eigenvalue weighted by Crippen LogP contribution is -2.46. The molecule has 4 heteroatoms. The largest absolute Gasteiger partial charge is 0.468 e. The maximum absolute atomic E-state index is 11.9. The van der Waals surface area contributed by atoms with E-state index in [2.05, 4.69) is 17.5 Å². The standard InChI is InChI=1S/C14H23NO3/c1-17-14(16)13(11-6-3-2-4-7-11)15-10-12-8-5-9-18-12/h2-3,11-13,15H,4-10H2,1H3. The molecule has 2 aliphatic rings. The van der Waals surface area contributed by atoms with Crippen molar-refractivity contribution in [2.75, 3.05) is 20.3 Å². The number of methoxy groups -OCH3 is 1. The fraction of sp³-hybridized carbons (Fsp3) is 0.786. The Morgan fingerprint density at radius 1 is 1.50 bits per heavy atom. The molecular weight excluding hydrogens is 230 g/mol. The number of allylic oxidation sites excluding steroid dienone is 2. The molecule has 0 amide bonds. The summed E-state index contributed by atoms with van der Waals surface area (Å²) >= 11 is 0. The highest BCUT2D eigenvalue weighted by atomic mass is 16.5. The third kappa shape index (κ3) is 3.56. The molecule has 0 spiro atoms. The van der Waals surface area contributed by atoms with Gasteiger partial charge < -0.3 is 14.8 Å². The molecule has 2 rings (SSSR count). The second-order valence-corrected chi connectivity index (χ2v) is 5.09. The molecule has 102 valence electrons. The molecule has 0 radical (unpaired) electrons. The highest BCUT2D eigenvalue weighted by Crippen LogP contribution is 2.23. The molecule has 18 heavy (non-hydrogen) atoms. The van der Waals surface area contributed by atoms with Gasteiger partial charge in [0.1, 0.15) is 6.04 Å². The quantitative estimate of drug-likeness (QED) is 0.598. The first kappa shape index (κ1) is 13.6. The van der Waals surface area contributed by atoms with Crippen LogP contribution < -0.4 is 5.32 Å². The van der Waals surface area contributed by atoms with Crippen molar-refractivity contribution >= 4 is 5.97 Å². The van der Waals surface area contributed by atoms with Crippen LogP contribution in [-0.4, -0.2) is 38.4 Å². The van der Waals surface area contributed by atoms with E-state index in [0.717, 1.165) is 45.3 Å². The van der Waals surface area contributed by atoms with E-state index in [9.17, 15) is 4.79 Å². The van der Waals surface area contributed by atoms with Crippen molar-refractivity contribution in [1.29, 1.82) is 0 Å². The number of carbonyl (C=O) groups excluding carboxylic acids is 1. The van der Waals surface area contributed by atoms with E-state index in [1.807, 2.05) is 0 Å². The van der Waals surface area contributed by atoms with Gasteiger partial charge >= 0.3 is 5.97 Å². The summed E-state index contributed by atoms with van der Waals surface area (Å²) in [5, 5.41) is 3.35. The molecule has 1 heterocycles. The molecule has 1 N–H and O–H groups in total. The summed E-state index contributed by atoms with van der Waals surface area (Å²) < 4.78 is 10.5. The maximum Gasteiger partial charge on any atom is 0.323 e. The second kappa shape index (κ2) is 6.90. The molecule has 0 aromatic rings. The molecule has 0 saturated carbocycles. The SMILES string of the molecule is COC(=O)C(NCC1CCCO1)C1CC=CCC1. The number of esters is 1. The molecule has 0 aromatic carbocycles. The molecule has 1 fully saturated rings. The van der Waals surface area contributed by atoms with Crippen LogP contribution in [0.25, 0.3) is 0 Å². The molecule has 0 aromatic heterocycles. The Kier molecular flexibility index (Phi) is 5.20. The first-order valence-corrected chi connectivity index (χ1v) is 6.89. The summed E-state index contributed by atoms with van der Waals surface area (Å²) in [7, 11) is 1.46. The van der Waals surface area contributed by atoms with Crippen LogP contribution in [0.2, 0.25) is 0 Å². The Bertz CT molecular complexity index is 297. The molecule has 1 saturated heterocycles. The van der Waals surface area contributed by atoms with Crippen molar-refractivity contribution in [2.24, 2.45) is 5.92 Å². The predicted molar refractivity (Wildman–Crippen MR) is 69.3 cm³/mol. The second-order valence-electron chi connectivity index (χ2n) is 5.09. The summed E-state index contributed by atoms with van der Waals surface area (Å²) in [5.74, 6) is 0.206. The van der Waals surface area contributed by atoms with E-state index in [4.69, 9.17) is 9.47 Å². The number of hydrogen-bond donors (Lipinski definition) is 1. The van der Waals surface area contributed by atoms with E-state index in [1.165, 1.54) is 7.11 Å². The lowest BCUT2D eigenvalue weighted by Gasteiger charge is -2.27. The fourth-order valence-corrected chi connectivity index (χ4v) is 2.75. The molecule has 1 aliphatic heterocycles. The Labute approximate surface area is 109 Å². The number of hydrogen-bond acceptors (Lipinski definition) is 4. The summed E-state index contributed by atoms with van der Waals surface area (Å²) in [6.07, 6.45) is 9.89. The summed E-state index contributed by atoms with van der Waals surface area (Å²) in [6, 6.07) is -0.191. The number of ether oxygens (including phenoxy) is 2. The predicted octanol–water partition coefficient (Wildman–Crippen LogP) is 1.65. The summed E-state index contributed by atoms with van der Waals surface area (Å²) in [6.45, 7) is 1.60. The normalized spacial score (nSPS) is 29.2. The highest BCUT2D eigenvalue weighted by molar-refractivity contribution is 5.76. The summed E-state index contributed by atoms with van der Waals surface area (Å²) in [5.41, 5.74) is 0.